The number of nitrogens with one attached hydrogen (secondary N) is 1. The molecule has 0 atom stereocenters. The Labute approximate surface area is 114 Å². The van der Waals surface area contributed by atoms with Crippen LogP contribution in [0.1, 0.15) is 27.4 Å². The lowest BCUT2D eigenvalue weighted by atomic mass is 10.2. The summed E-state index contributed by atoms with van der Waals surface area (Å²) in [5.41, 5.74) is 1.06. The van der Waals surface area contributed by atoms with Crippen molar-refractivity contribution in [2.24, 2.45) is 0 Å². The molecule has 104 valence electrons. The lowest BCUT2D eigenvalue weighted by molar-refractivity contribution is 0.0690. The molecule has 0 amide bonds. The average Bonchev–Trinajstić information content (AvgIpc) is 2.37. The number of carboxylic acids is 1. The summed E-state index contributed by atoms with van der Waals surface area (Å²) in [5.74, 6) is -0.653. The van der Waals surface area contributed by atoms with Crippen molar-refractivity contribution in [2.75, 3.05) is 0 Å². The highest BCUT2D eigenvalue weighted by Gasteiger charge is 2.14. The van der Waals surface area contributed by atoms with Gasteiger partial charge in [0.15, 0.2) is 11.5 Å². The van der Waals surface area contributed by atoms with E-state index in [9.17, 15) is 9.59 Å². The molecule has 2 heterocycles. The van der Waals surface area contributed by atoms with E-state index in [0.717, 1.165) is 0 Å². The normalized spacial score (nSPS) is 10.3. The van der Waals surface area contributed by atoms with E-state index in [0.29, 0.717) is 22.7 Å². The van der Waals surface area contributed by atoms with Crippen molar-refractivity contribution in [1.82, 2.24) is 15.2 Å². The summed E-state index contributed by atoms with van der Waals surface area (Å²) in [7, 11) is 0. The van der Waals surface area contributed by atoms with Crippen molar-refractivity contribution in [2.45, 2.75) is 20.8 Å². The fourth-order valence-corrected chi connectivity index (χ4v) is 1.75. The van der Waals surface area contributed by atoms with Gasteiger partial charge < -0.3 is 9.84 Å². The minimum Gasteiger partial charge on any atom is -0.477 e. The van der Waals surface area contributed by atoms with E-state index in [2.05, 4.69) is 15.2 Å². The number of hydrogen-bond acceptors (Lipinski definition) is 5. The number of hydrogen-bond donors (Lipinski definition) is 2. The van der Waals surface area contributed by atoms with Crippen LogP contribution < -0.4 is 10.3 Å². The molecule has 7 nitrogen and oxygen atoms in total. The molecule has 0 aliphatic carbocycles. The highest BCUT2D eigenvalue weighted by Crippen LogP contribution is 2.26. The van der Waals surface area contributed by atoms with E-state index >= 15 is 0 Å². The summed E-state index contributed by atoms with van der Waals surface area (Å²) in [6, 6.07) is 2.90. The van der Waals surface area contributed by atoms with Crippen LogP contribution in [0.3, 0.4) is 0 Å². The van der Waals surface area contributed by atoms with Crippen molar-refractivity contribution in [3.05, 3.63) is 45.1 Å². The lowest BCUT2D eigenvalue weighted by Crippen LogP contribution is -2.12. The number of aromatic nitrogens is 3. The first kappa shape index (κ1) is 13.7. The Morgan fingerprint density at radius 1 is 1.30 bits per heavy atom. The van der Waals surface area contributed by atoms with Crippen LogP contribution in [0, 0.1) is 20.8 Å². The monoisotopic (exact) mass is 275 g/mol. The van der Waals surface area contributed by atoms with E-state index < -0.39 is 11.5 Å². The predicted octanol–water partition coefficient (Wildman–Crippen LogP) is 1.58. The molecule has 0 fully saturated rings. The highest BCUT2D eigenvalue weighted by molar-refractivity contribution is 5.85. The Balaban J connectivity index is 2.46. The van der Waals surface area contributed by atoms with E-state index in [1.54, 1.807) is 20.8 Å². The molecule has 0 spiro atoms. The third-order valence-corrected chi connectivity index (χ3v) is 2.66. The first-order valence-corrected chi connectivity index (χ1v) is 5.84. The van der Waals surface area contributed by atoms with Crippen LogP contribution in [0.25, 0.3) is 0 Å². The molecular weight excluding hydrogens is 262 g/mol. The number of H-pyrrole nitrogens is 1. The fourth-order valence-electron chi connectivity index (χ4n) is 1.75. The Bertz CT molecular complexity index is 714. The first-order chi connectivity index (χ1) is 9.38. The number of pyridine rings is 1. The third kappa shape index (κ3) is 2.66. The second kappa shape index (κ2) is 5.12. The van der Waals surface area contributed by atoms with Crippen molar-refractivity contribution < 1.29 is 14.6 Å². The van der Waals surface area contributed by atoms with Gasteiger partial charge in [0.2, 0.25) is 0 Å². The van der Waals surface area contributed by atoms with Crippen molar-refractivity contribution >= 4 is 5.97 Å². The summed E-state index contributed by atoms with van der Waals surface area (Å²) in [6.07, 6.45) is 0. The summed E-state index contributed by atoms with van der Waals surface area (Å²) in [4.78, 5) is 26.5. The largest absolute Gasteiger partial charge is 0.477 e. The molecule has 0 unspecified atom stereocenters. The summed E-state index contributed by atoms with van der Waals surface area (Å²) in [6.45, 7) is 5.03. The molecule has 0 aromatic carbocycles. The molecule has 2 aromatic rings. The topological polar surface area (TPSA) is 105 Å². The summed E-state index contributed by atoms with van der Waals surface area (Å²) < 4.78 is 5.55. The second-order valence-electron chi connectivity index (χ2n) is 4.35. The molecule has 0 saturated heterocycles. The molecule has 0 aliphatic heterocycles. The zero-order chi connectivity index (χ0) is 14.9. The third-order valence-electron chi connectivity index (χ3n) is 2.66. The van der Waals surface area contributed by atoms with Crippen LogP contribution in [0.5, 0.6) is 11.5 Å². The van der Waals surface area contributed by atoms with Gasteiger partial charge in [0.25, 0.3) is 0 Å². The van der Waals surface area contributed by atoms with Crippen LogP contribution in [-0.4, -0.2) is 26.3 Å². The van der Waals surface area contributed by atoms with Gasteiger partial charge in [-0.1, -0.05) is 0 Å². The number of aromatic amines is 1. The lowest BCUT2D eigenvalue weighted by Gasteiger charge is -2.11. The first-order valence-electron chi connectivity index (χ1n) is 5.84. The van der Waals surface area contributed by atoms with Crippen LogP contribution in [-0.2, 0) is 0 Å². The van der Waals surface area contributed by atoms with Crippen LogP contribution in [0.15, 0.2) is 16.9 Å². The molecule has 0 saturated carbocycles. The number of ether oxygens (including phenoxy) is 1. The fraction of sp³-hybridized carbons (Fsp3) is 0.231. The molecule has 0 radical (unpaired) electrons. The van der Waals surface area contributed by atoms with Crippen molar-refractivity contribution in [3.8, 4) is 11.5 Å². The summed E-state index contributed by atoms with van der Waals surface area (Å²) >= 11 is 0. The van der Waals surface area contributed by atoms with Gasteiger partial charge in [-0.15, -0.1) is 0 Å². The maximum Gasteiger partial charge on any atom is 0.354 e. The molecule has 2 N–H and O–H groups in total. The van der Waals surface area contributed by atoms with Crippen molar-refractivity contribution in [3.63, 3.8) is 0 Å². The zero-order valence-corrected chi connectivity index (χ0v) is 11.2. The molecule has 2 aromatic heterocycles. The average molecular weight is 275 g/mol. The predicted molar refractivity (Wildman–Crippen MR) is 70.3 cm³/mol. The zero-order valence-electron chi connectivity index (χ0n) is 11.2. The number of aryl methyl sites for hydroxylation is 3. The van der Waals surface area contributed by atoms with Crippen LogP contribution >= 0.6 is 0 Å². The van der Waals surface area contributed by atoms with Gasteiger partial charge in [0, 0.05) is 6.07 Å². The Morgan fingerprint density at radius 2 is 2.00 bits per heavy atom. The van der Waals surface area contributed by atoms with Gasteiger partial charge >= 0.3 is 11.5 Å². The van der Waals surface area contributed by atoms with Gasteiger partial charge in [-0.25, -0.2) is 14.9 Å². The van der Waals surface area contributed by atoms with E-state index in [4.69, 9.17) is 9.84 Å². The van der Waals surface area contributed by atoms with Gasteiger partial charge in [-0.05, 0) is 32.4 Å². The van der Waals surface area contributed by atoms with Gasteiger partial charge in [-0.2, -0.15) is 5.10 Å². The maximum atomic E-state index is 11.6. The number of carbonyl (C=O) groups is 1. The SMILES string of the molecule is Cc1cc(Oc2c(C)cc(C(=O)O)nc2C)c(=O)[nH]n1. The molecular formula is C13H13N3O4. The molecule has 2 rings (SSSR count). The number of nitrogens with zero attached hydrogens (tertiary/aromatic N) is 2. The standard InChI is InChI=1S/C13H13N3O4/c1-6-4-9(13(18)19)14-8(3)11(6)20-10-5-7(2)15-16-12(10)17/h4-5H,1-3H3,(H,16,17)(H,18,19). The Morgan fingerprint density at radius 3 is 2.60 bits per heavy atom. The second-order valence-corrected chi connectivity index (χ2v) is 4.35. The Hall–Kier alpha value is -2.70. The van der Waals surface area contributed by atoms with Gasteiger partial charge in [-0.3, -0.25) is 4.79 Å². The highest BCUT2D eigenvalue weighted by atomic mass is 16.5. The summed E-state index contributed by atoms with van der Waals surface area (Å²) in [5, 5.41) is 15.0. The smallest absolute Gasteiger partial charge is 0.354 e. The van der Waals surface area contributed by atoms with E-state index in [-0.39, 0.29) is 11.4 Å². The minimum absolute atomic E-state index is 0.0628. The van der Waals surface area contributed by atoms with Crippen LogP contribution in [0.4, 0.5) is 0 Å². The van der Waals surface area contributed by atoms with Crippen LogP contribution in [0.2, 0.25) is 0 Å². The molecule has 0 aliphatic rings. The minimum atomic E-state index is -1.11. The van der Waals surface area contributed by atoms with Gasteiger partial charge in [0.1, 0.15) is 5.69 Å². The van der Waals surface area contributed by atoms with Crippen molar-refractivity contribution in [1.29, 1.82) is 0 Å². The molecule has 7 heteroatoms. The number of carboxylic acid groups (broad SMARTS) is 1. The number of aromatic carboxylic acids is 1. The van der Waals surface area contributed by atoms with Gasteiger partial charge in [0.05, 0.1) is 11.4 Å². The quantitative estimate of drug-likeness (QED) is 0.881. The van der Waals surface area contributed by atoms with E-state index in [1.165, 1.54) is 12.1 Å². The van der Waals surface area contributed by atoms with E-state index in [1.807, 2.05) is 0 Å². The molecule has 20 heavy (non-hydrogen) atoms. The number of rotatable bonds is 3. The molecule has 0 bridgehead atoms. The Kier molecular flexibility index (Phi) is 3.51. The maximum absolute atomic E-state index is 11.6.